The monoisotopic (exact) mass is 293 g/mol. The van der Waals surface area contributed by atoms with E-state index in [2.05, 4.69) is 11.9 Å². The highest BCUT2D eigenvalue weighted by Crippen LogP contribution is 2.17. The Morgan fingerprint density at radius 2 is 1.76 bits per heavy atom. The van der Waals surface area contributed by atoms with Crippen molar-refractivity contribution in [2.45, 2.75) is 13.8 Å². The third-order valence-electron chi connectivity index (χ3n) is 2.42. The zero-order valence-electron chi connectivity index (χ0n) is 12.7. The van der Waals surface area contributed by atoms with Gasteiger partial charge in [-0.05, 0) is 38.1 Å². The number of ether oxygens (including phenoxy) is 3. The van der Waals surface area contributed by atoms with Crippen molar-refractivity contribution in [1.29, 1.82) is 0 Å². The number of nitrogens with one attached hydrogen (secondary N) is 1. The second-order valence-corrected chi connectivity index (χ2v) is 4.55. The van der Waals surface area contributed by atoms with Crippen LogP contribution in [0.3, 0.4) is 0 Å². The minimum atomic E-state index is -0.178. The number of hydrogen-bond acceptors (Lipinski definition) is 4. The molecule has 0 heterocycles. The average molecular weight is 293 g/mol. The third-order valence-corrected chi connectivity index (χ3v) is 2.42. The van der Waals surface area contributed by atoms with Gasteiger partial charge in [0.2, 0.25) is 0 Å². The normalized spacial score (nSPS) is 10.0. The molecule has 0 aliphatic heterocycles. The van der Waals surface area contributed by atoms with Crippen molar-refractivity contribution in [3.63, 3.8) is 0 Å². The van der Waals surface area contributed by atoms with Crippen molar-refractivity contribution in [2.75, 3.05) is 33.0 Å². The van der Waals surface area contributed by atoms with E-state index in [1.54, 1.807) is 12.1 Å². The Balaban J connectivity index is 2.16. The lowest BCUT2D eigenvalue weighted by Gasteiger charge is -2.09. The summed E-state index contributed by atoms with van der Waals surface area (Å²) in [7, 11) is 0. The Morgan fingerprint density at radius 3 is 2.33 bits per heavy atom. The molecule has 0 aromatic heterocycles. The zero-order valence-corrected chi connectivity index (χ0v) is 12.7. The van der Waals surface area contributed by atoms with E-state index in [9.17, 15) is 4.79 Å². The quantitative estimate of drug-likeness (QED) is 0.530. The van der Waals surface area contributed by atoms with Crippen molar-refractivity contribution < 1.29 is 19.0 Å². The van der Waals surface area contributed by atoms with Crippen molar-refractivity contribution >= 4 is 5.91 Å². The molecule has 0 atom stereocenters. The van der Waals surface area contributed by atoms with Crippen LogP contribution in [0.1, 0.15) is 13.8 Å². The first kappa shape index (κ1) is 17.0. The van der Waals surface area contributed by atoms with Crippen LogP contribution in [0.2, 0.25) is 0 Å². The maximum Gasteiger partial charge on any atom is 0.258 e. The summed E-state index contributed by atoms with van der Waals surface area (Å²) in [4.78, 5) is 11.5. The number of amides is 1. The maximum atomic E-state index is 11.5. The molecule has 1 rings (SSSR count). The van der Waals surface area contributed by atoms with Gasteiger partial charge in [-0.15, -0.1) is 0 Å². The summed E-state index contributed by atoms with van der Waals surface area (Å²) in [6.45, 7) is 9.58. The van der Waals surface area contributed by atoms with Gasteiger partial charge in [0.05, 0.1) is 19.8 Å². The van der Waals surface area contributed by atoms with Crippen LogP contribution in [-0.2, 0) is 9.53 Å². The fourth-order valence-corrected chi connectivity index (χ4v) is 1.51. The van der Waals surface area contributed by atoms with E-state index in [-0.39, 0.29) is 12.5 Å². The van der Waals surface area contributed by atoms with Crippen molar-refractivity contribution in [1.82, 2.24) is 5.32 Å². The van der Waals surface area contributed by atoms with Crippen molar-refractivity contribution in [3.8, 4) is 11.5 Å². The van der Waals surface area contributed by atoms with Crippen LogP contribution in [0.4, 0.5) is 0 Å². The number of benzene rings is 1. The fourth-order valence-electron chi connectivity index (χ4n) is 1.51. The van der Waals surface area contributed by atoms with Crippen LogP contribution >= 0.6 is 0 Å². The first-order valence-electron chi connectivity index (χ1n) is 6.96. The van der Waals surface area contributed by atoms with E-state index in [0.29, 0.717) is 32.1 Å². The van der Waals surface area contributed by atoms with Crippen LogP contribution in [0.15, 0.2) is 36.4 Å². The highest BCUT2D eigenvalue weighted by molar-refractivity contribution is 5.77. The standard InChI is InChI=1S/C16H23NO4/c1-4-20-14-5-7-15(8-6-14)21-12-16(18)17-9-10-19-11-13(2)3/h5-8H,2,4,9-12H2,1,3H3,(H,17,18). The van der Waals surface area contributed by atoms with Gasteiger partial charge in [-0.1, -0.05) is 12.2 Å². The Bertz CT molecular complexity index is 442. The molecule has 5 heteroatoms. The number of hydrogen-bond donors (Lipinski definition) is 1. The van der Waals surface area contributed by atoms with E-state index in [0.717, 1.165) is 11.3 Å². The molecule has 0 radical (unpaired) electrons. The molecule has 5 nitrogen and oxygen atoms in total. The Morgan fingerprint density at radius 1 is 1.14 bits per heavy atom. The highest BCUT2D eigenvalue weighted by Gasteiger charge is 2.02. The van der Waals surface area contributed by atoms with Crippen LogP contribution in [-0.4, -0.2) is 38.9 Å². The van der Waals surface area contributed by atoms with Crippen LogP contribution in [0, 0.1) is 0 Å². The first-order chi connectivity index (χ1) is 10.1. The number of carbonyl (C=O) groups is 1. The summed E-state index contributed by atoms with van der Waals surface area (Å²) in [6.07, 6.45) is 0. The molecule has 1 N–H and O–H groups in total. The summed E-state index contributed by atoms with van der Waals surface area (Å²) in [5.74, 6) is 1.24. The first-order valence-corrected chi connectivity index (χ1v) is 6.96. The fraction of sp³-hybridized carbons (Fsp3) is 0.438. The van der Waals surface area contributed by atoms with Gasteiger partial charge in [-0.25, -0.2) is 0 Å². The average Bonchev–Trinajstić information content (AvgIpc) is 2.46. The van der Waals surface area contributed by atoms with Gasteiger partial charge in [0.1, 0.15) is 11.5 Å². The molecule has 0 fully saturated rings. The van der Waals surface area contributed by atoms with Crippen LogP contribution in [0.5, 0.6) is 11.5 Å². The van der Waals surface area contributed by atoms with Gasteiger partial charge < -0.3 is 19.5 Å². The Labute approximate surface area is 125 Å². The van der Waals surface area contributed by atoms with Gasteiger partial charge in [0.15, 0.2) is 6.61 Å². The van der Waals surface area contributed by atoms with E-state index in [4.69, 9.17) is 14.2 Å². The molecule has 1 aromatic rings. The topological polar surface area (TPSA) is 56.8 Å². The Kier molecular flexibility index (Phi) is 7.97. The van der Waals surface area contributed by atoms with Gasteiger partial charge in [0.25, 0.3) is 5.91 Å². The van der Waals surface area contributed by atoms with Gasteiger partial charge in [-0.2, -0.15) is 0 Å². The zero-order chi connectivity index (χ0) is 15.5. The smallest absolute Gasteiger partial charge is 0.258 e. The molecule has 21 heavy (non-hydrogen) atoms. The van der Waals surface area contributed by atoms with Gasteiger partial charge in [-0.3, -0.25) is 4.79 Å². The largest absolute Gasteiger partial charge is 0.494 e. The van der Waals surface area contributed by atoms with Crippen molar-refractivity contribution in [2.24, 2.45) is 0 Å². The molecule has 0 saturated carbocycles. The van der Waals surface area contributed by atoms with Crippen LogP contribution in [0.25, 0.3) is 0 Å². The highest BCUT2D eigenvalue weighted by atomic mass is 16.5. The second-order valence-electron chi connectivity index (χ2n) is 4.55. The number of carbonyl (C=O) groups excluding carboxylic acids is 1. The lowest BCUT2D eigenvalue weighted by Crippen LogP contribution is -2.31. The van der Waals surface area contributed by atoms with E-state index >= 15 is 0 Å². The third kappa shape index (κ3) is 7.99. The van der Waals surface area contributed by atoms with Crippen molar-refractivity contribution in [3.05, 3.63) is 36.4 Å². The lowest BCUT2D eigenvalue weighted by atomic mass is 10.3. The summed E-state index contributed by atoms with van der Waals surface area (Å²) >= 11 is 0. The van der Waals surface area contributed by atoms with E-state index in [1.165, 1.54) is 0 Å². The molecule has 0 spiro atoms. The molecule has 1 amide bonds. The minimum absolute atomic E-state index is 0.0194. The predicted octanol–water partition coefficient (Wildman–Crippen LogP) is 2.17. The SMILES string of the molecule is C=C(C)COCCNC(=O)COc1ccc(OCC)cc1. The molecule has 0 bridgehead atoms. The lowest BCUT2D eigenvalue weighted by molar-refractivity contribution is -0.123. The second kappa shape index (κ2) is 9.83. The molecule has 1 aromatic carbocycles. The molecular formula is C16H23NO4. The van der Waals surface area contributed by atoms with Gasteiger partial charge in [0, 0.05) is 6.54 Å². The maximum absolute atomic E-state index is 11.5. The van der Waals surface area contributed by atoms with Gasteiger partial charge >= 0.3 is 0 Å². The van der Waals surface area contributed by atoms with E-state index in [1.807, 2.05) is 26.0 Å². The summed E-state index contributed by atoms with van der Waals surface area (Å²) < 4.78 is 16.0. The molecule has 0 saturated heterocycles. The molecule has 0 aliphatic rings. The molecule has 0 unspecified atom stereocenters. The minimum Gasteiger partial charge on any atom is -0.494 e. The van der Waals surface area contributed by atoms with E-state index < -0.39 is 0 Å². The molecular weight excluding hydrogens is 270 g/mol. The molecule has 116 valence electrons. The molecule has 0 aliphatic carbocycles. The summed E-state index contributed by atoms with van der Waals surface area (Å²) in [5, 5.41) is 2.72. The summed E-state index contributed by atoms with van der Waals surface area (Å²) in [6, 6.07) is 7.16. The van der Waals surface area contributed by atoms with Crippen LogP contribution < -0.4 is 14.8 Å². The number of rotatable bonds is 10. The predicted molar refractivity (Wildman–Crippen MR) is 81.7 cm³/mol. The Hall–Kier alpha value is -2.01. The summed E-state index contributed by atoms with van der Waals surface area (Å²) in [5.41, 5.74) is 0.958.